The van der Waals surface area contributed by atoms with Crippen LogP contribution >= 0.6 is 15.9 Å². The van der Waals surface area contributed by atoms with Crippen LogP contribution in [0.3, 0.4) is 0 Å². The lowest BCUT2D eigenvalue weighted by molar-refractivity contribution is -0.157. The highest BCUT2D eigenvalue weighted by Crippen LogP contribution is 2.28. The summed E-state index contributed by atoms with van der Waals surface area (Å²) in [5.41, 5.74) is 1.82. The molecule has 9 nitrogen and oxygen atoms in total. The van der Waals surface area contributed by atoms with Crippen LogP contribution in [0.4, 0.5) is 5.69 Å². The number of amides is 1. The smallest absolute Gasteiger partial charge is 0.349 e. The van der Waals surface area contributed by atoms with Gasteiger partial charge in [0.1, 0.15) is 5.75 Å². The Balaban J connectivity index is 1.97. The predicted molar refractivity (Wildman–Crippen MR) is 138 cm³/mol. The van der Waals surface area contributed by atoms with Crippen molar-refractivity contribution in [1.29, 1.82) is 0 Å². The van der Waals surface area contributed by atoms with E-state index in [1.807, 2.05) is 0 Å². The molecule has 37 heavy (non-hydrogen) atoms. The van der Waals surface area contributed by atoms with Crippen LogP contribution in [-0.4, -0.2) is 48.2 Å². The molecule has 0 radical (unpaired) electrons. The largest absolute Gasteiger partial charge is 0.495 e. The Morgan fingerprint density at radius 1 is 0.811 bits per heavy atom. The average molecular weight is 570 g/mol. The number of methoxy groups -OCH3 is 1. The number of hydrogen-bond donors (Lipinski definition) is 2. The lowest BCUT2D eigenvalue weighted by Crippen LogP contribution is -2.48. The molecule has 1 amide bonds. The molecule has 10 heteroatoms. The van der Waals surface area contributed by atoms with Crippen molar-refractivity contribution in [3.63, 3.8) is 0 Å². The second-order valence-electron chi connectivity index (χ2n) is 8.06. The van der Waals surface area contributed by atoms with Gasteiger partial charge in [0.15, 0.2) is 0 Å². The molecule has 2 N–H and O–H groups in total. The van der Waals surface area contributed by atoms with Gasteiger partial charge in [0.2, 0.25) is 12.2 Å². The van der Waals surface area contributed by atoms with Crippen molar-refractivity contribution in [3.05, 3.63) is 93.5 Å². The number of carboxylic acid groups (broad SMARTS) is 1. The van der Waals surface area contributed by atoms with Crippen molar-refractivity contribution in [2.45, 2.75) is 26.1 Å². The molecule has 0 aromatic heterocycles. The summed E-state index contributed by atoms with van der Waals surface area (Å²) in [5.74, 6) is -4.42. The molecule has 0 unspecified atom stereocenters. The summed E-state index contributed by atoms with van der Waals surface area (Å²) < 4.78 is 16.4. The van der Waals surface area contributed by atoms with E-state index in [0.717, 1.165) is 11.1 Å². The SMILES string of the molecule is COc1ccc(Br)cc1NC(=O)[C@@H](OC(=O)c1cccc(C)c1)[C@H](OC(=O)c1cccc(C)c1)C(=O)O. The molecule has 0 heterocycles. The fourth-order valence-corrected chi connectivity index (χ4v) is 3.75. The highest BCUT2D eigenvalue weighted by molar-refractivity contribution is 9.10. The van der Waals surface area contributed by atoms with E-state index in [1.165, 1.54) is 37.4 Å². The van der Waals surface area contributed by atoms with E-state index >= 15 is 0 Å². The zero-order chi connectivity index (χ0) is 27.1. The topological polar surface area (TPSA) is 128 Å². The Bertz CT molecular complexity index is 1340. The Hall–Kier alpha value is -4.18. The molecule has 0 spiro atoms. The standard InChI is InChI=1S/C27H24BrNO8/c1-15-6-4-8-17(12-15)26(33)36-22(24(30)29-20-14-19(28)10-11-21(20)35-3)23(25(31)32)37-27(34)18-9-5-7-16(2)13-18/h4-14,22-23H,1-3H3,(H,29,30)(H,31,32)/t22-,23-/m0/s1. The number of carboxylic acids is 1. The van der Waals surface area contributed by atoms with Gasteiger partial charge in [-0.05, 0) is 56.3 Å². The van der Waals surface area contributed by atoms with Crippen LogP contribution in [0.15, 0.2) is 71.2 Å². The molecule has 3 aromatic carbocycles. The number of nitrogens with one attached hydrogen (secondary N) is 1. The summed E-state index contributed by atoms with van der Waals surface area (Å²) >= 11 is 3.29. The Morgan fingerprint density at radius 2 is 1.35 bits per heavy atom. The molecular weight excluding hydrogens is 546 g/mol. The van der Waals surface area contributed by atoms with E-state index in [4.69, 9.17) is 14.2 Å². The van der Waals surface area contributed by atoms with Gasteiger partial charge >= 0.3 is 17.9 Å². The quantitative estimate of drug-likeness (QED) is 0.359. The van der Waals surface area contributed by atoms with Gasteiger partial charge in [-0.3, -0.25) is 4.79 Å². The zero-order valence-electron chi connectivity index (χ0n) is 20.2. The van der Waals surface area contributed by atoms with E-state index in [0.29, 0.717) is 4.47 Å². The fourth-order valence-electron chi connectivity index (χ4n) is 3.39. The van der Waals surface area contributed by atoms with Crippen LogP contribution in [0, 0.1) is 13.8 Å². The second kappa shape index (κ2) is 12.2. The van der Waals surface area contributed by atoms with E-state index in [2.05, 4.69) is 21.2 Å². The number of carbonyl (C=O) groups excluding carboxylic acids is 3. The number of aliphatic carboxylic acids is 1. The summed E-state index contributed by atoms with van der Waals surface area (Å²) in [4.78, 5) is 51.2. The van der Waals surface area contributed by atoms with Crippen molar-refractivity contribution >= 4 is 45.4 Å². The van der Waals surface area contributed by atoms with Gasteiger partial charge in [0, 0.05) is 4.47 Å². The molecule has 192 valence electrons. The number of ether oxygens (including phenoxy) is 3. The van der Waals surface area contributed by atoms with Gasteiger partial charge in [0.05, 0.1) is 23.9 Å². The van der Waals surface area contributed by atoms with E-state index in [1.54, 1.807) is 50.2 Å². The number of halogens is 1. The third kappa shape index (κ3) is 7.17. The molecule has 2 atom stereocenters. The third-order valence-electron chi connectivity index (χ3n) is 5.17. The van der Waals surface area contributed by atoms with Crippen molar-refractivity contribution in [3.8, 4) is 5.75 Å². The maximum Gasteiger partial charge on any atom is 0.349 e. The number of benzene rings is 3. The van der Waals surface area contributed by atoms with Gasteiger partial charge in [0.25, 0.3) is 5.91 Å². The third-order valence-corrected chi connectivity index (χ3v) is 5.66. The first-order chi connectivity index (χ1) is 17.6. The molecule has 3 aromatic rings. The Morgan fingerprint density at radius 3 is 1.84 bits per heavy atom. The summed E-state index contributed by atoms with van der Waals surface area (Å²) in [6.07, 6.45) is -4.19. The van der Waals surface area contributed by atoms with Crippen LogP contribution in [0.5, 0.6) is 5.75 Å². The number of carbonyl (C=O) groups is 4. The first kappa shape index (κ1) is 27.4. The highest BCUT2D eigenvalue weighted by atomic mass is 79.9. The molecule has 0 aliphatic rings. The number of anilines is 1. The van der Waals surface area contributed by atoms with Crippen molar-refractivity contribution in [2.75, 3.05) is 12.4 Å². The highest BCUT2D eigenvalue weighted by Gasteiger charge is 2.41. The van der Waals surface area contributed by atoms with Crippen molar-refractivity contribution in [2.24, 2.45) is 0 Å². The molecular formula is C27H24BrNO8. The van der Waals surface area contributed by atoms with E-state index in [-0.39, 0.29) is 22.6 Å². The summed E-state index contributed by atoms with van der Waals surface area (Å²) in [5, 5.41) is 12.4. The Labute approximate surface area is 221 Å². The molecule has 0 fully saturated rings. The Kier molecular flexibility index (Phi) is 9.02. The molecule has 0 saturated carbocycles. The average Bonchev–Trinajstić information content (AvgIpc) is 2.85. The van der Waals surface area contributed by atoms with Gasteiger partial charge in [-0.15, -0.1) is 0 Å². The summed E-state index contributed by atoms with van der Waals surface area (Å²) in [6.45, 7) is 3.50. The number of aryl methyl sites for hydroxylation is 2. The first-order valence-corrected chi connectivity index (χ1v) is 11.8. The van der Waals surface area contributed by atoms with Crippen LogP contribution in [0.2, 0.25) is 0 Å². The predicted octanol–water partition coefficient (Wildman–Crippen LogP) is 4.55. The number of rotatable bonds is 9. The van der Waals surface area contributed by atoms with Crippen LogP contribution in [-0.2, 0) is 19.1 Å². The van der Waals surface area contributed by atoms with Crippen LogP contribution in [0.1, 0.15) is 31.8 Å². The zero-order valence-corrected chi connectivity index (χ0v) is 21.8. The molecule has 0 bridgehead atoms. The van der Waals surface area contributed by atoms with Crippen molar-refractivity contribution < 1.29 is 38.5 Å². The molecule has 3 rings (SSSR count). The normalized spacial score (nSPS) is 12.1. The van der Waals surface area contributed by atoms with Gasteiger partial charge in [-0.1, -0.05) is 51.3 Å². The van der Waals surface area contributed by atoms with Gasteiger partial charge < -0.3 is 24.6 Å². The maximum absolute atomic E-state index is 13.3. The number of esters is 2. The molecule has 0 aliphatic carbocycles. The second-order valence-corrected chi connectivity index (χ2v) is 8.98. The van der Waals surface area contributed by atoms with Gasteiger partial charge in [-0.2, -0.15) is 0 Å². The summed E-state index contributed by atoms with van der Waals surface area (Å²) in [6, 6.07) is 17.4. The van der Waals surface area contributed by atoms with Gasteiger partial charge in [-0.25, -0.2) is 14.4 Å². The fraction of sp³-hybridized carbons (Fsp3) is 0.185. The minimum absolute atomic E-state index is 0.0732. The molecule has 0 aliphatic heterocycles. The minimum Gasteiger partial charge on any atom is -0.495 e. The van der Waals surface area contributed by atoms with Crippen LogP contribution in [0.25, 0.3) is 0 Å². The number of hydrogen-bond acceptors (Lipinski definition) is 7. The van der Waals surface area contributed by atoms with Crippen molar-refractivity contribution in [1.82, 2.24) is 0 Å². The summed E-state index contributed by atoms with van der Waals surface area (Å²) in [7, 11) is 1.39. The first-order valence-electron chi connectivity index (χ1n) is 11.0. The maximum atomic E-state index is 13.3. The van der Waals surface area contributed by atoms with E-state index < -0.39 is 36.0 Å². The lowest BCUT2D eigenvalue weighted by Gasteiger charge is -2.24. The lowest BCUT2D eigenvalue weighted by atomic mass is 10.1. The molecule has 0 saturated heterocycles. The van der Waals surface area contributed by atoms with E-state index in [9.17, 15) is 24.3 Å². The minimum atomic E-state index is -2.15. The van der Waals surface area contributed by atoms with Crippen LogP contribution < -0.4 is 10.1 Å². The monoisotopic (exact) mass is 569 g/mol.